The molecule has 6 heteroatoms. The van der Waals surface area contributed by atoms with Gasteiger partial charge in [-0.05, 0) is 24.1 Å². The maximum Gasteiger partial charge on any atom is 0.407 e. The lowest BCUT2D eigenvalue weighted by molar-refractivity contribution is -0.137. The zero-order valence-corrected chi connectivity index (χ0v) is 10.4. The number of ether oxygens (including phenoxy) is 1. The molecular formula is C12H14ClNO4. The van der Waals surface area contributed by atoms with E-state index in [0.717, 1.165) is 5.56 Å². The number of benzene rings is 1. The molecule has 1 aromatic rings. The second-order valence-electron chi connectivity index (χ2n) is 3.63. The first-order valence-corrected chi connectivity index (χ1v) is 5.82. The Morgan fingerprint density at radius 2 is 1.94 bits per heavy atom. The number of nitrogens with one attached hydrogen (secondary N) is 1. The van der Waals surface area contributed by atoms with E-state index in [1.165, 1.54) is 0 Å². The van der Waals surface area contributed by atoms with E-state index < -0.39 is 12.1 Å². The van der Waals surface area contributed by atoms with Crippen LogP contribution in [0.1, 0.15) is 18.4 Å². The number of aliphatic carboxylic acids is 1. The average molecular weight is 272 g/mol. The minimum absolute atomic E-state index is 0.0253. The van der Waals surface area contributed by atoms with Crippen LogP contribution < -0.4 is 5.32 Å². The topological polar surface area (TPSA) is 75.6 Å². The molecule has 1 amide bonds. The molecule has 0 radical (unpaired) electrons. The van der Waals surface area contributed by atoms with Crippen LogP contribution in [-0.4, -0.2) is 23.7 Å². The first kappa shape index (κ1) is 14.3. The molecule has 0 bridgehead atoms. The molecule has 0 atom stereocenters. The van der Waals surface area contributed by atoms with Crippen molar-refractivity contribution < 1.29 is 19.4 Å². The molecule has 5 nitrogen and oxygen atoms in total. The summed E-state index contributed by atoms with van der Waals surface area (Å²) in [6, 6.07) is 6.95. The van der Waals surface area contributed by atoms with Crippen LogP contribution >= 0.6 is 11.6 Å². The fraction of sp³-hybridized carbons (Fsp3) is 0.333. The third kappa shape index (κ3) is 6.10. The van der Waals surface area contributed by atoms with Crippen LogP contribution in [0.3, 0.4) is 0 Å². The molecule has 0 aliphatic carbocycles. The van der Waals surface area contributed by atoms with Gasteiger partial charge in [-0.15, -0.1) is 0 Å². The van der Waals surface area contributed by atoms with Gasteiger partial charge in [0.15, 0.2) is 0 Å². The SMILES string of the molecule is O=C(O)CCCNC(=O)OCc1ccc(Cl)cc1. The molecule has 1 aromatic carbocycles. The van der Waals surface area contributed by atoms with Gasteiger partial charge >= 0.3 is 12.1 Å². The van der Waals surface area contributed by atoms with E-state index in [1.807, 2.05) is 0 Å². The quantitative estimate of drug-likeness (QED) is 0.779. The van der Waals surface area contributed by atoms with E-state index in [-0.39, 0.29) is 19.6 Å². The number of carboxylic acid groups (broad SMARTS) is 1. The summed E-state index contributed by atoms with van der Waals surface area (Å²) in [6.07, 6.45) is -0.154. The maximum atomic E-state index is 11.2. The Kier molecular flexibility index (Phi) is 6.00. The fourth-order valence-corrected chi connectivity index (χ4v) is 1.34. The molecule has 2 N–H and O–H groups in total. The molecule has 98 valence electrons. The van der Waals surface area contributed by atoms with Crippen LogP contribution in [0.5, 0.6) is 0 Å². The Morgan fingerprint density at radius 3 is 2.56 bits per heavy atom. The van der Waals surface area contributed by atoms with Gasteiger partial charge in [-0.3, -0.25) is 4.79 Å². The summed E-state index contributed by atoms with van der Waals surface area (Å²) in [5.74, 6) is -0.883. The van der Waals surface area contributed by atoms with Gasteiger partial charge in [-0.25, -0.2) is 4.79 Å². The number of alkyl carbamates (subject to hydrolysis) is 1. The van der Waals surface area contributed by atoms with Crippen LogP contribution in [0.4, 0.5) is 4.79 Å². The van der Waals surface area contributed by atoms with Crippen LogP contribution in [-0.2, 0) is 16.1 Å². The van der Waals surface area contributed by atoms with Crippen molar-refractivity contribution in [2.45, 2.75) is 19.4 Å². The third-order valence-corrected chi connectivity index (χ3v) is 2.37. The van der Waals surface area contributed by atoms with Crippen LogP contribution in [0, 0.1) is 0 Å². The van der Waals surface area contributed by atoms with Crippen molar-refractivity contribution in [1.82, 2.24) is 5.32 Å². The zero-order valence-electron chi connectivity index (χ0n) is 9.69. The second kappa shape index (κ2) is 7.55. The summed E-state index contributed by atoms with van der Waals surface area (Å²) in [7, 11) is 0. The molecule has 18 heavy (non-hydrogen) atoms. The monoisotopic (exact) mass is 271 g/mol. The number of hydrogen-bond donors (Lipinski definition) is 2. The number of carbonyl (C=O) groups is 2. The van der Waals surface area contributed by atoms with Crippen molar-refractivity contribution in [3.8, 4) is 0 Å². The molecule has 0 saturated heterocycles. The highest BCUT2D eigenvalue weighted by Crippen LogP contribution is 2.10. The van der Waals surface area contributed by atoms with Gasteiger partial charge in [0, 0.05) is 18.0 Å². The molecule has 0 heterocycles. The van der Waals surface area contributed by atoms with Crippen LogP contribution in [0.15, 0.2) is 24.3 Å². The first-order valence-electron chi connectivity index (χ1n) is 5.45. The Balaban J connectivity index is 2.17. The summed E-state index contributed by atoms with van der Waals surface area (Å²) < 4.78 is 4.93. The number of rotatable bonds is 6. The van der Waals surface area contributed by atoms with Gasteiger partial charge in [0.2, 0.25) is 0 Å². The van der Waals surface area contributed by atoms with Crippen molar-refractivity contribution in [3.05, 3.63) is 34.9 Å². The summed E-state index contributed by atoms with van der Waals surface area (Å²) in [4.78, 5) is 21.4. The van der Waals surface area contributed by atoms with Crippen molar-refractivity contribution in [2.24, 2.45) is 0 Å². The van der Waals surface area contributed by atoms with Gasteiger partial charge in [-0.1, -0.05) is 23.7 Å². The number of carbonyl (C=O) groups excluding carboxylic acids is 1. The normalized spacial score (nSPS) is 9.83. The van der Waals surface area contributed by atoms with E-state index in [4.69, 9.17) is 21.4 Å². The molecule has 0 aromatic heterocycles. The van der Waals surface area contributed by atoms with E-state index in [2.05, 4.69) is 5.32 Å². The van der Waals surface area contributed by atoms with Gasteiger partial charge in [0.05, 0.1) is 0 Å². The third-order valence-electron chi connectivity index (χ3n) is 2.12. The fourth-order valence-electron chi connectivity index (χ4n) is 1.21. The van der Waals surface area contributed by atoms with Crippen molar-refractivity contribution in [2.75, 3.05) is 6.54 Å². The Morgan fingerprint density at radius 1 is 1.28 bits per heavy atom. The molecule has 0 aliphatic rings. The molecule has 0 spiro atoms. The molecule has 0 fully saturated rings. The maximum absolute atomic E-state index is 11.2. The number of halogens is 1. The first-order chi connectivity index (χ1) is 8.58. The molecule has 0 saturated carbocycles. The standard InChI is InChI=1S/C12H14ClNO4/c13-10-5-3-9(4-6-10)8-18-12(17)14-7-1-2-11(15)16/h3-6H,1-2,7-8H2,(H,14,17)(H,15,16). The largest absolute Gasteiger partial charge is 0.481 e. The zero-order chi connectivity index (χ0) is 13.4. The smallest absolute Gasteiger partial charge is 0.407 e. The van der Waals surface area contributed by atoms with Crippen molar-refractivity contribution >= 4 is 23.7 Å². The van der Waals surface area contributed by atoms with Crippen LogP contribution in [0.25, 0.3) is 0 Å². The van der Waals surface area contributed by atoms with E-state index >= 15 is 0 Å². The Labute approximate surface area is 110 Å². The summed E-state index contributed by atoms with van der Waals surface area (Å²) >= 11 is 5.72. The summed E-state index contributed by atoms with van der Waals surface area (Å²) in [5, 5.41) is 11.5. The van der Waals surface area contributed by atoms with Gasteiger partial charge in [0.1, 0.15) is 6.61 Å². The highest BCUT2D eigenvalue weighted by Gasteiger charge is 2.03. The number of amides is 1. The van der Waals surface area contributed by atoms with Gasteiger partial charge in [0.25, 0.3) is 0 Å². The summed E-state index contributed by atoms with van der Waals surface area (Å²) in [6.45, 7) is 0.438. The van der Waals surface area contributed by atoms with Crippen molar-refractivity contribution in [3.63, 3.8) is 0 Å². The second-order valence-corrected chi connectivity index (χ2v) is 4.06. The molecular weight excluding hydrogens is 258 g/mol. The van der Waals surface area contributed by atoms with E-state index in [1.54, 1.807) is 24.3 Å². The molecule has 1 rings (SSSR count). The lowest BCUT2D eigenvalue weighted by Crippen LogP contribution is -2.25. The van der Waals surface area contributed by atoms with Gasteiger partial charge in [-0.2, -0.15) is 0 Å². The number of carboxylic acids is 1. The van der Waals surface area contributed by atoms with E-state index in [0.29, 0.717) is 11.4 Å². The minimum Gasteiger partial charge on any atom is -0.481 e. The highest BCUT2D eigenvalue weighted by molar-refractivity contribution is 6.30. The Bertz CT molecular complexity index is 405. The van der Waals surface area contributed by atoms with Crippen molar-refractivity contribution in [1.29, 1.82) is 0 Å². The molecule has 0 aliphatic heterocycles. The van der Waals surface area contributed by atoms with E-state index in [9.17, 15) is 9.59 Å². The van der Waals surface area contributed by atoms with Gasteiger partial charge < -0.3 is 15.2 Å². The van der Waals surface area contributed by atoms with Crippen LogP contribution in [0.2, 0.25) is 5.02 Å². The predicted molar refractivity (Wildman–Crippen MR) is 66.5 cm³/mol. The highest BCUT2D eigenvalue weighted by atomic mass is 35.5. The minimum atomic E-state index is -0.883. The average Bonchev–Trinajstić information content (AvgIpc) is 2.34. The predicted octanol–water partition coefficient (Wildman–Crippen LogP) is 2.43. The Hall–Kier alpha value is -1.75. The molecule has 0 unspecified atom stereocenters. The lowest BCUT2D eigenvalue weighted by Gasteiger charge is -2.06. The lowest BCUT2D eigenvalue weighted by atomic mass is 10.2. The number of hydrogen-bond acceptors (Lipinski definition) is 3. The summed E-state index contributed by atoms with van der Waals surface area (Å²) in [5.41, 5.74) is 0.833.